The molecule has 0 bridgehead atoms. The van der Waals surface area contributed by atoms with E-state index < -0.39 is 0 Å². The Labute approximate surface area is 153 Å². The molecule has 6 heteroatoms. The molecule has 1 aromatic heterocycles. The molecule has 0 aliphatic carbocycles. The Bertz CT molecular complexity index is 786. The number of aryl methyl sites for hydroxylation is 2. The van der Waals surface area contributed by atoms with E-state index in [0.29, 0.717) is 12.3 Å². The normalized spacial score (nSPS) is 19.0. The summed E-state index contributed by atoms with van der Waals surface area (Å²) in [4.78, 5) is 19.0. The van der Waals surface area contributed by atoms with E-state index in [9.17, 15) is 4.79 Å². The number of rotatable bonds is 5. The first-order valence-electron chi connectivity index (χ1n) is 9.33. The lowest BCUT2D eigenvalue weighted by Gasteiger charge is -2.33. The van der Waals surface area contributed by atoms with Crippen LogP contribution in [0.2, 0.25) is 0 Å². The van der Waals surface area contributed by atoms with Crippen LogP contribution >= 0.6 is 0 Å². The van der Waals surface area contributed by atoms with Gasteiger partial charge in [0.2, 0.25) is 12.7 Å². The first kappa shape index (κ1) is 16.9. The van der Waals surface area contributed by atoms with Gasteiger partial charge in [-0.3, -0.25) is 4.79 Å². The SMILES string of the molecule is Cc1nccn1CC1CCCN(C(=O)CCc2ccc3c(c2)OCO3)C1. The average molecular weight is 355 g/mol. The van der Waals surface area contributed by atoms with Crippen LogP contribution in [-0.4, -0.2) is 40.2 Å². The molecular formula is C20H25N3O3. The van der Waals surface area contributed by atoms with Crippen molar-refractivity contribution in [3.8, 4) is 11.5 Å². The summed E-state index contributed by atoms with van der Waals surface area (Å²) in [6.07, 6.45) is 7.38. The molecule has 2 aliphatic heterocycles. The maximum absolute atomic E-state index is 12.7. The van der Waals surface area contributed by atoms with Crippen molar-refractivity contribution < 1.29 is 14.3 Å². The summed E-state index contributed by atoms with van der Waals surface area (Å²) in [7, 11) is 0. The van der Waals surface area contributed by atoms with Gasteiger partial charge in [-0.1, -0.05) is 6.07 Å². The fourth-order valence-corrected chi connectivity index (χ4v) is 3.82. The van der Waals surface area contributed by atoms with E-state index in [2.05, 4.69) is 9.55 Å². The van der Waals surface area contributed by atoms with Gasteiger partial charge in [-0.25, -0.2) is 4.98 Å². The lowest BCUT2D eigenvalue weighted by molar-refractivity contribution is -0.133. The molecule has 0 spiro atoms. The van der Waals surface area contributed by atoms with E-state index in [1.807, 2.05) is 42.4 Å². The largest absolute Gasteiger partial charge is 0.454 e. The number of amides is 1. The predicted octanol–water partition coefficient (Wildman–Crippen LogP) is 2.79. The summed E-state index contributed by atoms with van der Waals surface area (Å²) in [5.74, 6) is 3.36. The Hall–Kier alpha value is -2.50. The van der Waals surface area contributed by atoms with Gasteiger partial charge >= 0.3 is 0 Å². The summed E-state index contributed by atoms with van der Waals surface area (Å²) in [6, 6.07) is 5.92. The van der Waals surface area contributed by atoms with E-state index in [0.717, 1.165) is 55.4 Å². The monoisotopic (exact) mass is 355 g/mol. The molecule has 2 aliphatic rings. The van der Waals surface area contributed by atoms with Crippen molar-refractivity contribution in [2.24, 2.45) is 5.92 Å². The second-order valence-electron chi connectivity index (χ2n) is 7.16. The number of likely N-dealkylation sites (tertiary alicyclic amines) is 1. The summed E-state index contributed by atoms with van der Waals surface area (Å²) < 4.78 is 12.9. The second-order valence-corrected chi connectivity index (χ2v) is 7.16. The number of benzene rings is 1. The standard InChI is InChI=1S/C20H25N3O3/c1-15-21-8-10-22(15)12-17-3-2-9-23(13-17)20(24)7-5-16-4-6-18-19(11-16)26-14-25-18/h4,6,8,10-11,17H,2-3,5,7,9,12-14H2,1H3. The lowest BCUT2D eigenvalue weighted by Crippen LogP contribution is -2.41. The van der Waals surface area contributed by atoms with Gasteiger partial charge in [0, 0.05) is 38.4 Å². The molecule has 1 fully saturated rings. The van der Waals surface area contributed by atoms with Crippen LogP contribution in [-0.2, 0) is 17.8 Å². The molecule has 1 unspecified atom stereocenters. The molecule has 1 saturated heterocycles. The first-order valence-corrected chi connectivity index (χ1v) is 9.33. The number of carbonyl (C=O) groups excluding carboxylic acids is 1. The van der Waals surface area contributed by atoms with Crippen LogP contribution in [0.15, 0.2) is 30.6 Å². The van der Waals surface area contributed by atoms with Crippen LogP contribution in [0.5, 0.6) is 11.5 Å². The molecule has 1 atom stereocenters. The Balaban J connectivity index is 1.30. The van der Waals surface area contributed by atoms with Gasteiger partial charge in [-0.15, -0.1) is 0 Å². The van der Waals surface area contributed by atoms with Gasteiger partial charge in [0.15, 0.2) is 11.5 Å². The molecule has 1 aromatic carbocycles. The zero-order valence-electron chi connectivity index (χ0n) is 15.2. The van der Waals surface area contributed by atoms with E-state index >= 15 is 0 Å². The highest BCUT2D eigenvalue weighted by atomic mass is 16.7. The number of hydrogen-bond acceptors (Lipinski definition) is 4. The molecule has 6 nitrogen and oxygen atoms in total. The third-order valence-electron chi connectivity index (χ3n) is 5.31. The summed E-state index contributed by atoms with van der Waals surface area (Å²) in [5.41, 5.74) is 1.12. The van der Waals surface area contributed by atoms with Crippen LogP contribution in [0, 0.1) is 12.8 Å². The van der Waals surface area contributed by atoms with Gasteiger partial charge < -0.3 is 18.9 Å². The van der Waals surface area contributed by atoms with Crippen molar-refractivity contribution >= 4 is 5.91 Å². The van der Waals surface area contributed by atoms with Crippen LogP contribution in [0.1, 0.15) is 30.7 Å². The topological polar surface area (TPSA) is 56.6 Å². The van der Waals surface area contributed by atoms with E-state index in [1.54, 1.807) is 0 Å². The van der Waals surface area contributed by atoms with E-state index in [1.165, 1.54) is 6.42 Å². The molecule has 0 radical (unpaired) electrons. The predicted molar refractivity (Wildman–Crippen MR) is 97.2 cm³/mol. The van der Waals surface area contributed by atoms with Crippen molar-refractivity contribution in [1.29, 1.82) is 0 Å². The Morgan fingerprint density at radius 1 is 1.31 bits per heavy atom. The highest BCUT2D eigenvalue weighted by Gasteiger charge is 2.24. The minimum Gasteiger partial charge on any atom is -0.454 e. The number of fused-ring (bicyclic) bond motifs is 1. The highest BCUT2D eigenvalue weighted by Crippen LogP contribution is 2.32. The fraction of sp³-hybridized carbons (Fsp3) is 0.500. The van der Waals surface area contributed by atoms with Crippen LogP contribution in [0.3, 0.4) is 0 Å². The molecule has 26 heavy (non-hydrogen) atoms. The zero-order valence-corrected chi connectivity index (χ0v) is 15.2. The first-order chi connectivity index (χ1) is 12.7. The van der Waals surface area contributed by atoms with Crippen LogP contribution in [0.25, 0.3) is 0 Å². The van der Waals surface area contributed by atoms with Gasteiger partial charge in [0.05, 0.1) is 0 Å². The van der Waals surface area contributed by atoms with Crippen molar-refractivity contribution in [2.75, 3.05) is 19.9 Å². The van der Waals surface area contributed by atoms with E-state index in [-0.39, 0.29) is 12.7 Å². The number of hydrogen-bond donors (Lipinski definition) is 0. The van der Waals surface area contributed by atoms with Crippen molar-refractivity contribution in [3.63, 3.8) is 0 Å². The second kappa shape index (κ2) is 7.40. The quantitative estimate of drug-likeness (QED) is 0.828. The van der Waals surface area contributed by atoms with Crippen LogP contribution < -0.4 is 9.47 Å². The Morgan fingerprint density at radius 3 is 3.04 bits per heavy atom. The number of imidazole rings is 1. The molecule has 0 saturated carbocycles. The molecule has 3 heterocycles. The number of nitrogens with zero attached hydrogens (tertiary/aromatic N) is 3. The van der Waals surface area contributed by atoms with Gasteiger partial charge in [-0.05, 0) is 49.8 Å². The maximum Gasteiger partial charge on any atom is 0.231 e. The molecule has 138 valence electrons. The fourth-order valence-electron chi connectivity index (χ4n) is 3.82. The molecule has 0 N–H and O–H groups in total. The minimum absolute atomic E-state index is 0.245. The molecule has 2 aromatic rings. The van der Waals surface area contributed by atoms with Crippen molar-refractivity contribution in [1.82, 2.24) is 14.5 Å². The smallest absolute Gasteiger partial charge is 0.231 e. The molecule has 1 amide bonds. The summed E-state index contributed by atoms with van der Waals surface area (Å²) >= 11 is 0. The summed E-state index contributed by atoms with van der Waals surface area (Å²) in [5, 5.41) is 0. The minimum atomic E-state index is 0.245. The van der Waals surface area contributed by atoms with Crippen molar-refractivity contribution in [2.45, 2.75) is 39.2 Å². The Morgan fingerprint density at radius 2 is 2.19 bits per heavy atom. The van der Waals surface area contributed by atoms with Gasteiger partial charge in [0.25, 0.3) is 0 Å². The average Bonchev–Trinajstić information content (AvgIpc) is 3.28. The number of carbonyl (C=O) groups is 1. The molecule has 4 rings (SSSR count). The van der Waals surface area contributed by atoms with E-state index in [4.69, 9.17) is 9.47 Å². The third kappa shape index (κ3) is 3.69. The highest BCUT2D eigenvalue weighted by molar-refractivity contribution is 5.76. The maximum atomic E-state index is 12.7. The number of aromatic nitrogens is 2. The molecular weight excluding hydrogens is 330 g/mol. The number of ether oxygens (including phenoxy) is 2. The van der Waals surface area contributed by atoms with Gasteiger partial charge in [0.1, 0.15) is 5.82 Å². The number of piperidine rings is 1. The van der Waals surface area contributed by atoms with Crippen molar-refractivity contribution in [3.05, 3.63) is 42.0 Å². The summed E-state index contributed by atoms with van der Waals surface area (Å²) in [6.45, 7) is 4.97. The lowest BCUT2D eigenvalue weighted by atomic mass is 9.97. The Kier molecular flexibility index (Phi) is 4.82. The third-order valence-corrected chi connectivity index (χ3v) is 5.31. The van der Waals surface area contributed by atoms with Crippen LogP contribution in [0.4, 0.5) is 0 Å². The van der Waals surface area contributed by atoms with Gasteiger partial charge in [-0.2, -0.15) is 0 Å². The zero-order chi connectivity index (χ0) is 17.9.